The number of carboxylic acids is 1. The largest absolute Gasteiger partial charge is 0.477 e. The lowest BCUT2D eigenvalue weighted by atomic mass is 9.80. The van der Waals surface area contributed by atoms with Gasteiger partial charge in [-0.3, -0.25) is 4.79 Å². The smallest absolute Gasteiger partial charge is 0.348 e. The highest BCUT2D eigenvalue weighted by Crippen LogP contribution is 2.40. The van der Waals surface area contributed by atoms with E-state index in [1.165, 1.54) is 0 Å². The predicted octanol–water partition coefficient (Wildman–Crippen LogP) is 5.40. The van der Waals surface area contributed by atoms with Crippen LogP contribution in [0.2, 0.25) is 0 Å². The first-order valence-corrected chi connectivity index (χ1v) is 13.1. The fourth-order valence-corrected chi connectivity index (χ4v) is 5.41. The van der Waals surface area contributed by atoms with Crippen molar-refractivity contribution in [1.29, 1.82) is 0 Å². The maximum atomic E-state index is 13.8. The number of carbonyl (C=O) groups is 2. The van der Waals surface area contributed by atoms with E-state index < -0.39 is 5.97 Å². The van der Waals surface area contributed by atoms with E-state index in [0.717, 1.165) is 37.0 Å². The summed E-state index contributed by atoms with van der Waals surface area (Å²) < 4.78 is 5.87. The summed E-state index contributed by atoms with van der Waals surface area (Å²) in [6.07, 6.45) is 8.06. The Balaban J connectivity index is 1.61. The summed E-state index contributed by atoms with van der Waals surface area (Å²) in [4.78, 5) is 36.8. The Morgan fingerprint density at radius 1 is 1.14 bits per heavy atom. The van der Waals surface area contributed by atoms with Crippen LogP contribution in [0.1, 0.15) is 80.8 Å². The number of aromatic carboxylic acids is 1. The Morgan fingerprint density at radius 3 is 2.40 bits per heavy atom. The van der Waals surface area contributed by atoms with Gasteiger partial charge in [-0.1, -0.05) is 18.8 Å². The maximum absolute atomic E-state index is 13.8. The molecule has 1 amide bonds. The number of nitrogens with zero attached hydrogens (tertiary/aromatic N) is 3. The van der Waals surface area contributed by atoms with E-state index in [1.54, 1.807) is 29.4 Å². The lowest BCUT2D eigenvalue weighted by molar-refractivity contribution is -0.124. The summed E-state index contributed by atoms with van der Waals surface area (Å²) in [6, 6.07) is 3.69. The lowest BCUT2D eigenvalue weighted by Gasteiger charge is -2.43. The molecule has 2 aromatic rings. The Morgan fingerprint density at radius 2 is 1.80 bits per heavy atom. The number of amides is 1. The molecular weight excluding hydrogens is 462 g/mol. The molecule has 0 unspecified atom stereocenters. The third-order valence-electron chi connectivity index (χ3n) is 6.58. The van der Waals surface area contributed by atoms with Crippen molar-refractivity contribution < 1.29 is 19.4 Å². The zero-order valence-corrected chi connectivity index (χ0v) is 21.6. The Bertz CT molecular complexity index is 1110. The molecule has 2 aromatic heterocycles. The number of ether oxygens (including phenoxy) is 1. The van der Waals surface area contributed by atoms with Crippen LogP contribution in [0, 0.1) is 29.1 Å². The van der Waals surface area contributed by atoms with Crippen LogP contribution in [-0.2, 0) is 4.79 Å². The number of carbonyl (C=O) groups excluding carboxylic acids is 1. The average molecular weight is 496 g/mol. The maximum Gasteiger partial charge on any atom is 0.348 e. The fourth-order valence-electron chi connectivity index (χ4n) is 4.56. The van der Waals surface area contributed by atoms with Gasteiger partial charge in [0.2, 0.25) is 5.91 Å². The van der Waals surface area contributed by atoms with E-state index in [1.807, 2.05) is 20.8 Å². The quantitative estimate of drug-likeness (QED) is 0.539. The predicted molar refractivity (Wildman–Crippen MR) is 136 cm³/mol. The summed E-state index contributed by atoms with van der Waals surface area (Å²) in [7, 11) is 0. The first-order valence-electron chi connectivity index (χ1n) is 12.3. The lowest BCUT2D eigenvalue weighted by Crippen LogP contribution is -2.54. The molecule has 186 valence electrons. The van der Waals surface area contributed by atoms with Crippen molar-refractivity contribution in [3.05, 3.63) is 34.3 Å². The normalized spacial score (nSPS) is 24.0. The number of thiophene rings is 1. The van der Waals surface area contributed by atoms with Gasteiger partial charge in [-0.05, 0) is 64.5 Å². The van der Waals surface area contributed by atoms with Crippen LogP contribution >= 0.6 is 11.3 Å². The Labute approximate surface area is 210 Å². The number of carboxylic acid groups (broad SMARTS) is 1. The van der Waals surface area contributed by atoms with Crippen LogP contribution in [-0.4, -0.2) is 39.1 Å². The molecule has 0 atom stereocenters. The van der Waals surface area contributed by atoms with Crippen molar-refractivity contribution in [2.45, 2.75) is 78.4 Å². The molecule has 35 heavy (non-hydrogen) atoms. The van der Waals surface area contributed by atoms with E-state index in [-0.39, 0.29) is 34.3 Å². The van der Waals surface area contributed by atoms with Gasteiger partial charge in [-0.15, -0.1) is 11.3 Å². The van der Waals surface area contributed by atoms with Crippen LogP contribution in [0.5, 0.6) is 6.01 Å². The number of aromatic nitrogens is 2. The zero-order chi connectivity index (χ0) is 25.2. The second-order valence-corrected chi connectivity index (χ2v) is 11.7. The highest BCUT2D eigenvalue weighted by atomic mass is 32.1. The van der Waals surface area contributed by atoms with Crippen LogP contribution in [0.3, 0.4) is 0 Å². The third kappa shape index (κ3) is 6.21. The van der Waals surface area contributed by atoms with Crippen LogP contribution < -0.4 is 9.64 Å². The van der Waals surface area contributed by atoms with Gasteiger partial charge in [0.15, 0.2) is 0 Å². The summed E-state index contributed by atoms with van der Waals surface area (Å²) in [5.41, 5.74) is 0.253. The molecule has 1 N–H and O–H groups in total. The molecule has 0 saturated heterocycles. The van der Waals surface area contributed by atoms with Crippen molar-refractivity contribution in [3.63, 3.8) is 0 Å². The second kappa shape index (κ2) is 10.4. The standard InChI is InChI=1S/C27H33N3O4S/c1-17-6-8-18(9-7-17)24(31)30(19-14-20(15-19)34-26-28-12-5-13-29-26)22-16-21(10-11-27(2,3)4)35-23(22)25(32)33/h5,12-13,16-20H,6-9,14-15H2,1-4H3,(H,32,33). The van der Waals surface area contributed by atoms with Crippen LogP contribution in [0.15, 0.2) is 24.5 Å². The molecule has 0 aliphatic heterocycles. The van der Waals surface area contributed by atoms with Crippen LogP contribution in [0.25, 0.3) is 0 Å². The third-order valence-corrected chi connectivity index (χ3v) is 7.61. The summed E-state index contributed by atoms with van der Waals surface area (Å²) in [6.45, 7) is 8.26. The van der Waals surface area contributed by atoms with Gasteiger partial charge in [-0.25, -0.2) is 14.8 Å². The van der Waals surface area contributed by atoms with Gasteiger partial charge in [0.1, 0.15) is 11.0 Å². The van der Waals surface area contributed by atoms with E-state index in [9.17, 15) is 14.7 Å². The fraction of sp³-hybridized carbons (Fsp3) is 0.556. The Kier molecular flexibility index (Phi) is 7.46. The molecule has 4 rings (SSSR count). The minimum atomic E-state index is -1.03. The molecule has 0 aromatic carbocycles. The number of hydrogen-bond acceptors (Lipinski definition) is 6. The van der Waals surface area contributed by atoms with E-state index in [0.29, 0.717) is 35.3 Å². The van der Waals surface area contributed by atoms with Crippen molar-refractivity contribution >= 4 is 28.9 Å². The molecule has 0 bridgehead atoms. The molecule has 7 nitrogen and oxygen atoms in total. The molecule has 0 spiro atoms. The van der Waals surface area contributed by atoms with E-state index in [4.69, 9.17) is 4.74 Å². The monoisotopic (exact) mass is 495 g/mol. The summed E-state index contributed by atoms with van der Waals surface area (Å²) >= 11 is 1.14. The number of anilines is 1. The first-order chi connectivity index (χ1) is 16.6. The molecule has 8 heteroatoms. The van der Waals surface area contributed by atoms with Gasteiger partial charge < -0.3 is 14.7 Å². The van der Waals surface area contributed by atoms with Gasteiger partial charge in [0.05, 0.1) is 10.6 Å². The van der Waals surface area contributed by atoms with E-state index in [2.05, 4.69) is 28.7 Å². The van der Waals surface area contributed by atoms with Crippen molar-refractivity contribution in [2.24, 2.45) is 17.3 Å². The first kappa shape index (κ1) is 25.2. The van der Waals surface area contributed by atoms with E-state index >= 15 is 0 Å². The van der Waals surface area contributed by atoms with Crippen molar-refractivity contribution in [3.8, 4) is 17.9 Å². The number of rotatable bonds is 6. The van der Waals surface area contributed by atoms with Crippen molar-refractivity contribution in [1.82, 2.24) is 9.97 Å². The molecule has 2 fully saturated rings. The Hall–Kier alpha value is -2.92. The molecule has 2 aliphatic carbocycles. The minimum absolute atomic E-state index is 0.0203. The summed E-state index contributed by atoms with van der Waals surface area (Å²) in [5, 5.41) is 9.99. The van der Waals surface area contributed by atoms with Gasteiger partial charge in [0.25, 0.3) is 0 Å². The second-order valence-electron chi connectivity index (χ2n) is 10.7. The van der Waals surface area contributed by atoms with Gasteiger partial charge in [-0.2, -0.15) is 0 Å². The average Bonchev–Trinajstić information content (AvgIpc) is 3.21. The van der Waals surface area contributed by atoms with Crippen LogP contribution in [0.4, 0.5) is 5.69 Å². The molecule has 2 aliphatic rings. The molecule has 2 saturated carbocycles. The zero-order valence-electron chi connectivity index (χ0n) is 20.8. The molecule has 0 radical (unpaired) electrons. The summed E-state index contributed by atoms with van der Waals surface area (Å²) in [5.74, 6) is 5.82. The van der Waals surface area contributed by atoms with Crippen molar-refractivity contribution in [2.75, 3.05) is 4.90 Å². The molecular formula is C27H33N3O4S. The highest BCUT2D eigenvalue weighted by Gasteiger charge is 2.42. The number of hydrogen-bond donors (Lipinski definition) is 1. The van der Waals surface area contributed by atoms with Gasteiger partial charge >= 0.3 is 12.0 Å². The topological polar surface area (TPSA) is 92.6 Å². The highest BCUT2D eigenvalue weighted by molar-refractivity contribution is 7.15. The SMILES string of the molecule is CC1CCC(C(=O)N(c2cc(C#CC(C)(C)C)sc2C(=O)O)C2CC(Oc3ncccn3)C2)CC1. The minimum Gasteiger partial charge on any atom is -0.477 e. The molecule has 2 heterocycles. The van der Waals surface area contributed by atoms with Gasteiger partial charge in [0, 0.05) is 42.6 Å².